The molecule has 1 aromatic heterocycles. The number of hydrogen-bond acceptors (Lipinski definition) is 4. The van der Waals surface area contributed by atoms with Gasteiger partial charge in [-0.05, 0) is 43.7 Å². The van der Waals surface area contributed by atoms with E-state index in [1.54, 1.807) is 6.20 Å². The van der Waals surface area contributed by atoms with Crippen molar-refractivity contribution < 1.29 is 9.84 Å². The second-order valence-corrected chi connectivity index (χ2v) is 5.17. The van der Waals surface area contributed by atoms with Crippen molar-refractivity contribution in [2.24, 2.45) is 0 Å². The van der Waals surface area contributed by atoms with Crippen LogP contribution < -0.4 is 10.1 Å². The maximum atomic E-state index is 9.97. The van der Waals surface area contributed by atoms with Crippen LogP contribution in [0.3, 0.4) is 0 Å². The summed E-state index contributed by atoms with van der Waals surface area (Å²) in [6, 6.07) is 13.7. The van der Waals surface area contributed by atoms with Gasteiger partial charge in [0.25, 0.3) is 0 Å². The number of ether oxygens (including phenoxy) is 1. The molecule has 4 heteroatoms. The van der Waals surface area contributed by atoms with E-state index in [4.69, 9.17) is 4.74 Å². The van der Waals surface area contributed by atoms with Gasteiger partial charge in [-0.1, -0.05) is 18.2 Å². The second-order valence-electron chi connectivity index (χ2n) is 5.17. The molecule has 0 radical (unpaired) electrons. The first-order valence-electron chi connectivity index (χ1n) is 7.17. The van der Waals surface area contributed by atoms with Crippen LogP contribution in [-0.2, 0) is 0 Å². The summed E-state index contributed by atoms with van der Waals surface area (Å²) in [4.78, 5) is 4.28. The number of benzene rings is 1. The minimum atomic E-state index is -0.559. The zero-order valence-corrected chi connectivity index (χ0v) is 12.5. The summed E-state index contributed by atoms with van der Waals surface area (Å²) < 4.78 is 5.58. The van der Waals surface area contributed by atoms with Crippen molar-refractivity contribution in [3.05, 3.63) is 59.9 Å². The van der Waals surface area contributed by atoms with E-state index in [0.29, 0.717) is 6.54 Å². The summed E-state index contributed by atoms with van der Waals surface area (Å²) in [7, 11) is 0. The van der Waals surface area contributed by atoms with Crippen LogP contribution in [0.1, 0.15) is 24.2 Å². The molecule has 0 saturated heterocycles. The lowest BCUT2D eigenvalue weighted by atomic mass is 10.2. The standard InChI is InChI=1S/C17H22N2O2/c1-13-6-5-7-16(10-13)21-12-15(20)11-19-14(2)17-8-3-4-9-18-17/h3-10,14-15,19-20H,11-12H2,1-2H3/t14-,15?/m1/s1. The minimum absolute atomic E-state index is 0.0971. The zero-order valence-electron chi connectivity index (χ0n) is 12.5. The third-order valence-electron chi connectivity index (χ3n) is 3.22. The van der Waals surface area contributed by atoms with Gasteiger partial charge in [-0.15, -0.1) is 0 Å². The van der Waals surface area contributed by atoms with Crippen LogP contribution in [-0.4, -0.2) is 29.3 Å². The summed E-state index contributed by atoms with van der Waals surface area (Å²) in [6.45, 7) is 4.77. The lowest BCUT2D eigenvalue weighted by molar-refractivity contribution is 0.104. The van der Waals surface area contributed by atoms with Crippen molar-refractivity contribution in [3.63, 3.8) is 0 Å². The Hall–Kier alpha value is -1.91. The van der Waals surface area contributed by atoms with E-state index in [1.807, 2.05) is 56.3 Å². The Kier molecular flexibility index (Phi) is 5.72. The average molecular weight is 286 g/mol. The molecule has 0 spiro atoms. The van der Waals surface area contributed by atoms with Gasteiger partial charge in [-0.2, -0.15) is 0 Å². The maximum Gasteiger partial charge on any atom is 0.119 e. The summed E-state index contributed by atoms with van der Waals surface area (Å²) in [5.41, 5.74) is 2.10. The van der Waals surface area contributed by atoms with Gasteiger partial charge in [0.05, 0.1) is 5.69 Å². The predicted octanol–water partition coefficient (Wildman–Crippen LogP) is 2.48. The highest BCUT2D eigenvalue weighted by Gasteiger charge is 2.10. The van der Waals surface area contributed by atoms with E-state index in [1.165, 1.54) is 0 Å². The molecule has 2 aromatic rings. The maximum absolute atomic E-state index is 9.97. The Morgan fingerprint density at radius 1 is 1.24 bits per heavy atom. The minimum Gasteiger partial charge on any atom is -0.491 e. The van der Waals surface area contributed by atoms with Crippen molar-refractivity contribution in [1.29, 1.82) is 0 Å². The molecule has 0 amide bonds. The Morgan fingerprint density at radius 2 is 2.10 bits per heavy atom. The summed E-state index contributed by atoms with van der Waals surface area (Å²) in [6.07, 6.45) is 1.21. The third kappa shape index (κ3) is 5.17. The Morgan fingerprint density at radius 3 is 2.81 bits per heavy atom. The smallest absolute Gasteiger partial charge is 0.119 e. The summed E-state index contributed by atoms with van der Waals surface area (Å²) in [5, 5.41) is 13.2. The topological polar surface area (TPSA) is 54.4 Å². The van der Waals surface area contributed by atoms with Crippen LogP contribution in [0.4, 0.5) is 0 Å². The molecule has 0 aliphatic heterocycles. The van der Waals surface area contributed by atoms with Gasteiger partial charge in [-0.25, -0.2) is 0 Å². The van der Waals surface area contributed by atoms with Crippen molar-refractivity contribution in [2.45, 2.75) is 26.0 Å². The molecule has 0 saturated carbocycles. The first kappa shape index (κ1) is 15.5. The molecule has 2 N–H and O–H groups in total. The molecule has 1 aromatic carbocycles. The van der Waals surface area contributed by atoms with Gasteiger partial charge in [0.1, 0.15) is 18.5 Å². The number of aliphatic hydroxyl groups is 1. The SMILES string of the molecule is Cc1cccc(OCC(O)CN[C@H](C)c2ccccn2)c1. The molecule has 112 valence electrons. The Labute approximate surface area is 125 Å². The molecule has 2 rings (SSSR count). The van der Waals surface area contributed by atoms with E-state index in [2.05, 4.69) is 10.3 Å². The number of nitrogens with one attached hydrogen (secondary N) is 1. The molecule has 1 unspecified atom stereocenters. The van der Waals surface area contributed by atoms with Crippen LogP contribution in [0, 0.1) is 6.92 Å². The molecule has 0 aliphatic carbocycles. The zero-order chi connectivity index (χ0) is 15.1. The number of nitrogens with zero attached hydrogens (tertiary/aromatic N) is 1. The van der Waals surface area contributed by atoms with Crippen molar-refractivity contribution in [3.8, 4) is 5.75 Å². The fraction of sp³-hybridized carbons (Fsp3) is 0.353. The molecule has 1 heterocycles. The number of aliphatic hydroxyl groups excluding tert-OH is 1. The monoisotopic (exact) mass is 286 g/mol. The third-order valence-corrected chi connectivity index (χ3v) is 3.22. The van der Waals surface area contributed by atoms with Gasteiger partial charge in [-0.3, -0.25) is 4.98 Å². The normalized spacial score (nSPS) is 13.7. The second kappa shape index (κ2) is 7.76. The lowest BCUT2D eigenvalue weighted by Gasteiger charge is -2.17. The molecule has 2 atom stereocenters. The van der Waals surface area contributed by atoms with Gasteiger partial charge in [0, 0.05) is 18.8 Å². The fourth-order valence-electron chi connectivity index (χ4n) is 2.01. The van der Waals surface area contributed by atoms with Gasteiger partial charge < -0.3 is 15.2 Å². The number of pyridine rings is 1. The highest BCUT2D eigenvalue weighted by Crippen LogP contribution is 2.12. The number of aryl methyl sites for hydroxylation is 1. The molecule has 0 aliphatic rings. The summed E-state index contributed by atoms with van der Waals surface area (Å²) >= 11 is 0. The van der Waals surface area contributed by atoms with E-state index in [-0.39, 0.29) is 12.6 Å². The van der Waals surface area contributed by atoms with Gasteiger partial charge >= 0.3 is 0 Å². The van der Waals surface area contributed by atoms with Crippen LogP contribution in [0.15, 0.2) is 48.7 Å². The highest BCUT2D eigenvalue weighted by molar-refractivity contribution is 5.27. The number of aromatic nitrogens is 1. The first-order valence-corrected chi connectivity index (χ1v) is 7.17. The Balaban J connectivity index is 1.73. The molecular formula is C17H22N2O2. The Bertz CT molecular complexity index is 545. The molecular weight excluding hydrogens is 264 g/mol. The highest BCUT2D eigenvalue weighted by atomic mass is 16.5. The molecule has 21 heavy (non-hydrogen) atoms. The van der Waals surface area contributed by atoms with Crippen LogP contribution >= 0.6 is 0 Å². The first-order chi connectivity index (χ1) is 10.1. The van der Waals surface area contributed by atoms with Gasteiger partial charge in [0.2, 0.25) is 0 Å². The molecule has 0 bridgehead atoms. The van der Waals surface area contributed by atoms with Crippen LogP contribution in [0.25, 0.3) is 0 Å². The largest absolute Gasteiger partial charge is 0.491 e. The van der Waals surface area contributed by atoms with E-state index < -0.39 is 6.10 Å². The van der Waals surface area contributed by atoms with E-state index in [0.717, 1.165) is 17.0 Å². The number of hydrogen-bond donors (Lipinski definition) is 2. The summed E-state index contributed by atoms with van der Waals surface area (Å²) in [5.74, 6) is 0.784. The quantitative estimate of drug-likeness (QED) is 0.821. The fourth-order valence-corrected chi connectivity index (χ4v) is 2.01. The van der Waals surface area contributed by atoms with Crippen molar-refractivity contribution >= 4 is 0 Å². The van der Waals surface area contributed by atoms with Crippen LogP contribution in [0.5, 0.6) is 5.75 Å². The van der Waals surface area contributed by atoms with Gasteiger partial charge in [0.15, 0.2) is 0 Å². The predicted molar refractivity (Wildman–Crippen MR) is 83.3 cm³/mol. The van der Waals surface area contributed by atoms with Crippen molar-refractivity contribution in [1.82, 2.24) is 10.3 Å². The van der Waals surface area contributed by atoms with Crippen molar-refractivity contribution in [2.75, 3.05) is 13.2 Å². The average Bonchev–Trinajstić information content (AvgIpc) is 2.51. The van der Waals surface area contributed by atoms with E-state index in [9.17, 15) is 5.11 Å². The lowest BCUT2D eigenvalue weighted by Crippen LogP contribution is -2.33. The van der Waals surface area contributed by atoms with Crippen LogP contribution in [0.2, 0.25) is 0 Å². The number of rotatable bonds is 7. The molecule has 0 fully saturated rings. The molecule has 4 nitrogen and oxygen atoms in total. The van der Waals surface area contributed by atoms with E-state index >= 15 is 0 Å².